The molecule has 0 saturated carbocycles. The highest BCUT2D eigenvalue weighted by Gasteiger charge is 2.25. The van der Waals surface area contributed by atoms with E-state index in [4.69, 9.17) is 4.74 Å². The average Bonchev–Trinajstić information content (AvgIpc) is 3.24. The predicted molar refractivity (Wildman–Crippen MR) is 135 cm³/mol. The molecule has 0 spiro atoms. The first kappa shape index (κ1) is 22.9. The molecule has 2 aliphatic rings. The Morgan fingerprint density at radius 1 is 1.12 bits per heavy atom. The maximum Gasteiger partial charge on any atom is 0.262 e. The second-order valence-corrected chi connectivity index (χ2v) is 10.1. The van der Waals surface area contributed by atoms with Gasteiger partial charge in [-0.3, -0.25) is 19.1 Å². The van der Waals surface area contributed by atoms with Gasteiger partial charge < -0.3 is 14.5 Å². The minimum Gasteiger partial charge on any atom is -0.495 e. The van der Waals surface area contributed by atoms with E-state index in [1.807, 2.05) is 17.0 Å². The van der Waals surface area contributed by atoms with Crippen molar-refractivity contribution in [3.8, 4) is 5.75 Å². The average molecular weight is 482 g/mol. The molecular formula is C25H31N5O3S. The van der Waals surface area contributed by atoms with Crippen LogP contribution in [0.25, 0.3) is 10.2 Å². The van der Waals surface area contributed by atoms with Gasteiger partial charge in [-0.2, -0.15) is 0 Å². The molecule has 1 aromatic carbocycles. The van der Waals surface area contributed by atoms with E-state index in [2.05, 4.69) is 26.9 Å². The van der Waals surface area contributed by atoms with Crippen LogP contribution in [0.1, 0.15) is 23.8 Å². The molecule has 8 nitrogen and oxygen atoms in total. The Kier molecular flexibility index (Phi) is 6.56. The summed E-state index contributed by atoms with van der Waals surface area (Å²) in [6.07, 6.45) is 3.33. The number of carbonyl (C=O) groups excluding carboxylic acids is 1. The summed E-state index contributed by atoms with van der Waals surface area (Å²) in [5.74, 6) is 1.00. The highest BCUT2D eigenvalue weighted by atomic mass is 32.1. The van der Waals surface area contributed by atoms with Crippen LogP contribution in [0, 0.1) is 0 Å². The first-order valence-electron chi connectivity index (χ1n) is 11.9. The zero-order valence-electron chi connectivity index (χ0n) is 19.8. The number of carbonyl (C=O) groups is 1. The van der Waals surface area contributed by atoms with Gasteiger partial charge in [0.1, 0.15) is 10.6 Å². The quantitative estimate of drug-likeness (QED) is 0.539. The molecular weight excluding hydrogens is 450 g/mol. The maximum atomic E-state index is 13.2. The largest absolute Gasteiger partial charge is 0.495 e. The third-order valence-corrected chi connectivity index (χ3v) is 8.07. The van der Waals surface area contributed by atoms with E-state index in [1.165, 1.54) is 0 Å². The molecule has 9 heteroatoms. The number of hydrogen-bond acceptors (Lipinski definition) is 7. The van der Waals surface area contributed by atoms with Gasteiger partial charge in [-0.25, -0.2) is 4.98 Å². The van der Waals surface area contributed by atoms with Crippen LogP contribution >= 0.6 is 11.3 Å². The van der Waals surface area contributed by atoms with Crippen LogP contribution in [-0.4, -0.2) is 71.6 Å². The van der Waals surface area contributed by atoms with Gasteiger partial charge in [-0.1, -0.05) is 12.1 Å². The SMILES string of the molecule is COc1ccccc1N1CCN(CCCn2cnc3sc4c(c3c2=O)CCN(C(C)=O)C4)CC1. The van der Waals surface area contributed by atoms with Crippen LogP contribution < -0.4 is 15.2 Å². The molecule has 1 saturated heterocycles. The number of methoxy groups -OCH3 is 1. The third kappa shape index (κ3) is 4.42. The number of piperazine rings is 1. The molecule has 3 aromatic rings. The number of benzene rings is 1. The van der Waals surface area contributed by atoms with E-state index >= 15 is 0 Å². The number of anilines is 1. The lowest BCUT2D eigenvalue weighted by atomic mass is 10.1. The van der Waals surface area contributed by atoms with E-state index in [9.17, 15) is 9.59 Å². The summed E-state index contributed by atoms with van der Waals surface area (Å²) in [5.41, 5.74) is 2.30. The molecule has 2 aromatic heterocycles. The monoisotopic (exact) mass is 481 g/mol. The number of hydrogen-bond donors (Lipinski definition) is 0. The van der Waals surface area contributed by atoms with Crippen molar-refractivity contribution in [2.75, 3.05) is 51.3 Å². The lowest BCUT2D eigenvalue weighted by Gasteiger charge is -2.36. The Morgan fingerprint density at radius 3 is 2.68 bits per heavy atom. The van der Waals surface area contributed by atoms with Crippen molar-refractivity contribution in [1.82, 2.24) is 19.4 Å². The van der Waals surface area contributed by atoms with Crippen molar-refractivity contribution in [2.45, 2.75) is 32.9 Å². The van der Waals surface area contributed by atoms with Gasteiger partial charge in [-0.15, -0.1) is 11.3 Å². The van der Waals surface area contributed by atoms with Gasteiger partial charge in [-0.05, 0) is 37.1 Å². The number of aryl methyl sites for hydroxylation is 1. The molecule has 5 rings (SSSR count). The highest BCUT2D eigenvalue weighted by molar-refractivity contribution is 7.18. The lowest BCUT2D eigenvalue weighted by molar-refractivity contribution is -0.129. The Hall–Kier alpha value is -2.91. The van der Waals surface area contributed by atoms with Crippen molar-refractivity contribution >= 4 is 33.1 Å². The first-order chi connectivity index (χ1) is 16.5. The van der Waals surface area contributed by atoms with E-state index < -0.39 is 0 Å². The summed E-state index contributed by atoms with van der Waals surface area (Å²) < 4.78 is 7.28. The van der Waals surface area contributed by atoms with Gasteiger partial charge in [0, 0.05) is 51.1 Å². The number of nitrogens with zero attached hydrogens (tertiary/aromatic N) is 5. The second kappa shape index (κ2) is 9.76. The molecule has 0 unspecified atom stereocenters. The van der Waals surface area contributed by atoms with Gasteiger partial charge in [0.25, 0.3) is 5.56 Å². The molecule has 0 aliphatic carbocycles. The fourth-order valence-electron chi connectivity index (χ4n) is 5.01. The van der Waals surface area contributed by atoms with Crippen LogP contribution in [-0.2, 0) is 24.3 Å². The van der Waals surface area contributed by atoms with Crippen LogP contribution in [0.3, 0.4) is 0 Å². The van der Waals surface area contributed by atoms with Crippen molar-refractivity contribution in [3.63, 3.8) is 0 Å². The first-order valence-corrected chi connectivity index (χ1v) is 12.7. The number of aromatic nitrogens is 2. The Labute approximate surface area is 203 Å². The molecule has 0 atom stereocenters. The fraction of sp³-hybridized carbons (Fsp3) is 0.480. The van der Waals surface area contributed by atoms with Crippen molar-refractivity contribution in [3.05, 3.63) is 51.4 Å². The zero-order chi connectivity index (χ0) is 23.7. The van der Waals surface area contributed by atoms with Crippen molar-refractivity contribution < 1.29 is 9.53 Å². The van der Waals surface area contributed by atoms with Crippen molar-refractivity contribution in [1.29, 1.82) is 0 Å². The summed E-state index contributed by atoms with van der Waals surface area (Å²) in [7, 11) is 1.72. The minimum absolute atomic E-state index is 0.0553. The van der Waals surface area contributed by atoms with E-state index in [1.54, 1.807) is 36.3 Å². The molecule has 2 aliphatic heterocycles. The molecule has 0 bridgehead atoms. The molecule has 1 fully saturated rings. The summed E-state index contributed by atoms with van der Waals surface area (Å²) in [4.78, 5) is 38.2. The Bertz CT molecular complexity index is 1250. The van der Waals surface area contributed by atoms with E-state index in [0.717, 1.165) is 77.7 Å². The van der Waals surface area contributed by atoms with Crippen LogP contribution in [0.5, 0.6) is 5.75 Å². The number of rotatable bonds is 6. The summed E-state index contributed by atoms with van der Waals surface area (Å²) >= 11 is 1.55. The van der Waals surface area contributed by atoms with Gasteiger partial charge in [0.15, 0.2) is 0 Å². The summed E-state index contributed by atoms with van der Waals surface area (Å²) in [6, 6.07) is 8.18. The lowest BCUT2D eigenvalue weighted by Crippen LogP contribution is -2.46. The smallest absolute Gasteiger partial charge is 0.262 e. The molecule has 34 heavy (non-hydrogen) atoms. The van der Waals surface area contributed by atoms with Crippen LogP contribution in [0.2, 0.25) is 0 Å². The second-order valence-electron chi connectivity index (χ2n) is 8.97. The number of amides is 1. The molecule has 0 radical (unpaired) electrons. The van der Waals surface area contributed by atoms with Crippen molar-refractivity contribution in [2.24, 2.45) is 0 Å². The topological polar surface area (TPSA) is 70.9 Å². The third-order valence-electron chi connectivity index (χ3n) is 6.94. The Morgan fingerprint density at radius 2 is 1.91 bits per heavy atom. The van der Waals surface area contributed by atoms with Crippen LogP contribution in [0.4, 0.5) is 5.69 Å². The molecule has 0 N–H and O–H groups in total. The summed E-state index contributed by atoms with van der Waals surface area (Å²) in [6.45, 7) is 8.40. The van der Waals surface area contributed by atoms with Gasteiger partial charge in [0.05, 0.1) is 31.1 Å². The summed E-state index contributed by atoms with van der Waals surface area (Å²) in [5, 5.41) is 0.760. The molecule has 1 amide bonds. The predicted octanol–water partition coefficient (Wildman–Crippen LogP) is 2.58. The number of fused-ring (bicyclic) bond motifs is 3. The van der Waals surface area contributed by atoms with Gasteiger partial charge in [0.2, 0.25) is 5.91 Å². The number of ether oxygens (including phenoxy) is 1. The van der Waals surface area contributed by atoms with E-state index in [0.29, 0.717) is 19.6 Å². The highest BCUT2D eigenvalue weighted by Crippen LogP contribution is 2.32. The van der Waals surface area contributed by atoms with E-state index in [-0.39, 0.29) is 11.5 Å². The number of thiophene rings is 1. The van der Waals surface area contributed by atoms with Crippen LogP contribution in [0.15, 0.2) is 35.4 Å². The standard InChI is InChI=1S/C25H31N5O3S/c1-18(31)29-11-8-19-22(16-29)34-24-23(19)25(32)30(17-26-24)10-5-9-27-12-14-28(15-13-27)20-6-3-4-7-21(20)33-2/h3-4,6-7,17H,5,8-16H2,1-2H3. The maximum absolute atomic E-state index is 13.2. The molecule has 4 heterocycles. The number of para-hydroxylation sites is 2. The minimum atomic E-state index is 0.0553. The zero-order valence-corrected chi connectivity index (χ0v) is 20.6. The normalized spacial score (nSPS) is 16.6. The Balaban J connectivity index is 1.19. The fourth-order valence-corrected chi connectivity index (χ4v) is 6.21. The molecule has 180 valence electrons. The van der Waals surface area contributed by atoms with Gasteiger partial charge >= 0.3 is 0 Å².